The van der Waals surface area contributed by atoms with Gasteiger partial charge >= 0.3 is 0 Å². The molecule has 3 N–H and O–H groups in total. The molecular formula is C18H19NO3. The van der Waals surface area contributed by atoms with Gasteiger partial charge in [0.15, 0.2) is 0 Å². The lowest BCUT2D eigenvalue weighted by Crippen LogP contribution is -2.19. The first-order chi connectivity index (χ1) is 10.7. The van der Waals surface area contributed by atoms with Crippen molar-refractivity contribution in [1.29, 1.82) is 0 Å². The molecule has 1 atom stereocenters. The van der Waals surface area contributed by atoms with Gasteiger partial charge in [-0.1, -0.05) is 36.4 Å². The van der Waals surface area contributed by atoms with Crippen molar-refractivity contribution < 1.29 is 15.3 Å². The van der Waals surface area contributed by atoms with Gasteiger partial charge in [-0.25, -0.2) is 0 Å². The van der Waals surface area contributed by atoms with Crippen molar-refractivity contribution in [2.75, 3.05) is 6.61 Å². The molecule has 0 saturated heterocycles. The maximum Gasteiger partial charge on any atom is 0.128 e. The quantitative estimate of drug-likeness (QED) is 0.677. The van der Waals surface area contributed by atoms with Crippen molar-refractivity contribution in [3.05, 3.63) is 65.9 Å². The van der Waals surface area contributed by atoms with E-state index in [-0.39, 0.29) is 12.4 Å². The molecule has 0 aliphatic carbocycles. The number of fused-ring (bicyclic) bond motifs is 1. The number of hydrogen-bond acceptors (Lipinski definition) is 3. The molecule has 3 aromatic rings. The average Bonchev–Trinajstić information content (AvgIpc) is 2.94. The summed E-state index contributed by atoms with van der Waals surface area (Å²) in [6, 6.07) is 15.7. The van der Waals surface area contributed by atoms with Gasteiger partial charge in [-0.15, -0.1) is 0 Å². The number of aromatic hydroxyl groups is 1. The molecule has 4 heteroatoms. The zero-order valence-corrected chi connectivity index (χ0v) is 12.2. The van der Waals surface area contributed by atoms with E-state index >= 15 is 0 Å². The minimum Gasteiger partial charge on any atom is -0.507 e. The Balaban J connectivity index is 1.93. The monoisotopic (exact) mass is 297 g/mol. The minimum atomic E-state index is -0.804. The number of aliphatic hydroxyl groups excluding tert-OH is 2. The summed E-state index contributed by atoms with van der Waals surface area (Å²) in [6.07, 6.45) is 1.68. The third kappa shape index (κ3) is 2.84. The number of aromatic nitrogens is 1. The first-order valence-electron chi connectivity index (χ1n) is 7.31. The zero-order chi connectivity index (χ0) is 15.5. The molecule has 0 radical (unpaired) electrons. The van der Waals surface area contributed by atoms with Gasteiger partial charge in [0.2, 0.25) is 0 Å². The zero-order valence-electron chi connectivity index (χ0n) is 12.2. The van der Waals surface area contributed by atoms with Crippen LogP contribution in [0.25, 0.3) is 10.9 Å². The molecule has 0 bridgehead atoms. The van der Waals surface area contributed by atoms with E-state index in [2.05, 4.69) is 0 Å². The van der Waals surface area contributed by atoms with E-state index in [1.807, 2.05) is 59.3 Å². The maximum atomic E-state index is 10.5. The van der Waals surface area contributed by atoms with Gasteiger partial charge in [0.1, 0.15) is 5.75 Å². The van der Waals surface area contributed by atoms with Crippen molar-refractivity contribution in [3.8, 4) is 5.75 Å². The summed E-state index contributed by atoms with van der Waals surface area (Å²) in [4.78, 5) is 0. The Kier molecular flexibility index (Phi) is 4.13. The van der Waals surface area contributed by atoms with E-state index in [4.69, 9.17) is 5.11 Å². The highest BCUT2D eigenvalue weighted by Crippen LogP contribution is 2.31. The van der Waals surface area contributed by atoms with E-state index in [0.29, 0.717) is 13.0 Å². The SMILES string of the molecule is OCC(O)Cn1ccc2c(O)c(Cc3ccccc3)ccc21. The standard InChI is InChI=1S/C18H19NO3/c20-12-15(21)11-19-9-8-16-17(19)7-6-14(18(16)22)10-13-4-2-1-3-5-13/h1-9,15,20-22H,10-12H2. The normalized spacial score (nSPS) is 12.6. The fraction of sp³-hybridized carbons (Fsp3) is 0.222. The number of nitrogens with zero attached hydrogens (tertiary/aromatic N) is 1. The van der Waals surface area contributed by atoms with Crippen LogP contribution in [-0.2, 0) is 13.0 Å². The van der Waals surface area contributed by atoms with E-state index in [0.717, 1.165) is 22.0 Å². The molecule has 4 nitrogen and oxygen atoms in total. The second-order valence-corrected chi connectivity index (χ2v) is 5.47. The topological polar surface area (TPSA) is 65.6 Å². The molecule has 0 aliphatic heterocycles. The number of benzene rings is 2. The molecular weight excluding hydrogens is 278 g/mol. The second-order valence-electron chi connectivity index (χ2n) is 5.47. The Morgan fingerprint density at radius 2 is 1.77 bits per heavy atom. The van der Waals surface area contributed by atoms with Gasteiger partial charge in [-0.2, -0.15) is 0 Å². The number of aliphatic hydroxyl groups is 2. The Hall–Kier alpha value is -2.30. The molecule has 3 rings (SSSR count). The van der Waals surface area contributed by atoms with Crippen LogP contribution in [0.2, 0.25) is 0 Å². The van der Waals surface area contributed by atoms with Crippen LogP contribution in [0.4, 0.5) is 0 Å². The van der Waals surface area contributed by atoms with Crippen LogP contribution in [0, 0.1) is 0 Å². The first-order valence-corrected chi connectivity index (χ1v) is 7.31. The summed E-state index contributed by atoms with van der Waals surface area (Å²) < 4.78 is 1.84. The van der Waals surface area contributed by atoms with Crippen LogP contribution in [0.15, 0.2) is 54.7 Å². The first kappa shape index (κ1) is 14.6. The minimum absolute atomic E-state index is 0.276. The Bertz CT molecular complexity index is 765. The second kappa shape index (κ2) is 6.22. The predicted molar refractivity (Wildman–Crippen MR) is 85.9 cm³/mol. The van der Waals surface area contributed by atoms with Gasteiger partial charge in [-0.05, 0) is 23.3 Å². The molecule has 1 aromatic heterocycles. The molecule has 114 valence electrons. The lowest BCUT2D eigenvalue weighted by molar-refractivity contribution is 0.0822. The van der Waals surface area contributed by atoms with E-state index in [9.17, 15) is 10.2 Å². The third-order valence-electron chi connectivity index (χ3n) is 3.86. The Labute approximate surface area is 128 Å². The molecule has 1 unspecified atom stereocenters. The van der Waals surface area contributed by atoms with Crippen LogP contribution >= 0.6 is 0 Å². The summed E-state index contributed by atoms with van der Waals surface area (Å²) in [5.41, 5.74) is 2.87. The summed E-state index contributed by atoms with van der Waals surface area (Å²) >= 11 is 0. The van der Waals surface area contributed by atoms with Gasteiger partial charge < -0.3 is 19.9 Å². The van der Waals surface area contributed by atoms with Crippen molar-refractivity contribution in [1.82, 2.24) is 4.57 Å². The smallest absolute Gasteiger partial charge is 0.128 e. The lowest BCUT2D eigenvalue weighted by atomic mass is 10.0. The van der Waals surface area contributed by atoms with E-state index in [1.54, 1.807) is 0 Å². The lowest BCUT2D eigenvalue weighted by Gasteiger charge is -2.11. The van der Waals surface area contributed by atoms with E-state index < -0.39 is 6.10 Å². The Morgan fingerprint density at radius 1 is 1.00 bits per heavy atom. The largest absolute Gasteiger partial charge is 0.507 e. The Morgan fingerprint density at radius 3 is 2.50 bits per heavy atom. The summed E-state index contributed by atoms with van der Waals surface area (Å²) in [5, 5.41) is 29.8. The average molecular weight is 297 g/mol. The maximum absolute atomic E-state index is 10.5. The van der Waals surface area contributed by atoms with Gasteiger partial charge in [0, 0.05) is 18.0 Å². The molecule has 0 amide bonds. The summed E-state index contributed by atoms with van der Waals surface area (Å²) in [7, 11) is 0. The molecule has 0 aliphatic rings. The number of hydrogen-bond donors (Lipinski definition) is 3. The predicted octanol–water partition coefficient (Wildman–Crippen LogP) is 2.29. The highest BCUT2D eigenvalue weighted by molar-refractivity contribution is 5.87. The summed E-state index contributed by atoms with van der Waals surface area (Å²) in [6.45, 7) is 0.0230. The number of phenols is 1. The number of rotatable bonds is 5. The van der Waals surface area contributed by atoms with Crippen molar-refractivity contribution >= 4 is 10.9 Å². The fourth-order valence-electron chi connectivity index (χ4n) is 2.70. The highest BCUT2D eigenvalue weighted by Gasteiger charge is 2.12. The molecule has 1 heterocycles. The molecule has 0 fully saturated rings. The van der Waals surface area contributed by atoms with Crippen molar-refractivity contribution in [2.45, 2.75) is 19.1 Å². The van der Waals surface area contributed by atoms with Crippen LogP contribution in [-0.4, -0.2) is 32.6 Å². The van der Waals surface area contributed by atoms with Crippen molar-refractivity contribution in [3.63, 3.8) is 0 Å². The summed E-state index contributed by atoms with van der Waals surface area (Å²) in [5.74, 6) is 0.276. The van der Waals surface area contributed by atoms with Crippen LogP contribution in [0.3, 0.4) is 0 Å². The molecule has 0 spiro atoms. The molecule has 2 aromatic carbocycles. The van der Waals surface area contributed by atoms with Crippen LogP contribution in [0.5, 0.6) is 5.75 Å². The van der Waals surface area contributed by atoms with Gasteiger partial charge in [-0.3, -0.25) is 0 Å². The molecule has 0 saturated carbocycles. The number of phenolic OH excluding ortho intramolecular Hbond substituents is 1. The fourth-order valence-corrected chi connectivity index (χ4v) is 2.70. The third-order valence-corrected chi connectivity index (χ3v) is 3.86. The van der Waals surface area contributed by atoms with Crippen LogP contribution in [0.1, 0.15) is 11.1 Å². The highest BCUT2D eigenvalue weighted by atomic mass is 16.3. The van der Waals surface area contributed by atoms with Crippen LogP contribution < -0.4 is 0 Å². The van der Waals surface area contributed by atoms with E-state index in [1.165, 1.54) is 0 Å². The van der Waals surface area contributed by atoms with Crippen molar-refractivity contribution in [2.24, 2.45) is 0 Å². The van der Waals surface area contributed by atoms with Gasteiger partial charge in [0.05, 0.1) is 24.8 Å². The molecule has 22 heavy (non-hydrogen) atoms. The van der Waals surface area contributed by atoms with Gasteiger partial charge in [0.25, 0.3) is 0 Å².